The lowest BCUT2D eigenvalue weighted by Crippen LogP contribution is -2.23. The first-order valence-corrected chi connectivity index (χ1v) is 10.8. The third kappa shape index (κ3) is 5.03. The largest absolute Gasteiger partial charge is 0.755 e. The monoisotopic (exact) mass is 461 g/mol. The van der Waals surface area contributed by atoms with Crippen LogP contribution in [0, 0.1) is 10.1 Å². The van der Waals surface area contributed by atoms with Crippen LogP contribution in [0.25, 0.3) is 11.3 Å². The van der Waals surface area contributed by atoms with Gasteiger partial charge in [-0.1, -0.05) is 30.3 Å². The van der Waals surface area contributed by atoms with Crippen molar-refractivity contribution in [3.05, 3.63) is 106 Å². The maximum atomic E-state index is 12.2. The van der Waals surface area contributed by atoms with E-state index in [0.29, 0.717) is 23.4 Å². The van der Waals surface area contributed by atoms with Crippen LogP contribution in [0.15, 0.2) is 85.1 Å². The van der Waals surface area contributed by atoms with Gasteiger partial charge in [-0.25, -0.2) is 9.97 Å². The number of anilines is 2. The Bertz CT molecular complexity index is 1300. The van der Waals surface area contributed by atoms with Crippen LogP contribution in [-0.4, -0.2) is 28.8 Å². The molecule has 0 saturated heterocycles. The van der Waals surface area contributed by atoms with Gasteiger partial charge in [-0.15, -0.1) is 0 Å². The number of phenolic OH excluding ortho intramolecular Hbond substituents is 1. The maximum absolute atomic E-state index is 12.2. The Kier molecular flexibility index (Phi) is 6.38. The summed E-state index contributed by atoms with van der Waals surface area (Å²) in [6.45, 7) is 0. The fraction of sp³-hybridized carbons (Fsp3) is 0.0435. The molecule has 0 spiro atoms. The van der Waals surface area contributed by atoms with Gasteiger partial charge in [0, 0.05) is 24.1 Å². The summed E-state index contributed by atoms with van der Waals surface area (Å²) in [6, 6.07) is 21.0. The highest BCUT2D eigenvalue weighted by molar-refractivity contribution is 7.81. The number of benzene rings is 3. The van der Waals surface area contributed by atoms with Crippen molar-refractivity contribution < 1.29 is 18.8 Å². The van der Waals surface area contributed by atoms with E-state index in [1.807, 2.05) is 30.3 Å². The second-order valence-electron chi connectivity index (χ2n) is 7.02. The summed E-state index contributed by atoms with van der Waals surface area (Å²) in [5.41, 5.74) is 2.53. The molecule has 9 nitrogen and oxygen atoms in total. The van der Waals surface area contributed by atoms with Crippen LogP contribution in [-0.2, 0) is 17.7 Å². The van der Waals surface area contributed by atoms with Gasteiger partial charge in [-0.2, -0.15) is 0 Å². The van der Waals surface area contributed by atoms with Crippen LogP contribution in [0.1, 0.15) is 11.3 Å². The van der Waals surface area contributed by atoms with Crippen molar-refractivity contribution in [2.45, 2.75) is 6.42 Å². The Morgan fingerprint density at radius 2 is 1.64 bits per heavy atom. The molecule has 1 aromatic heterocycles. The van der Waals surface area contributed by atoms with Gasteiger partial charge < -0.3 is 9.66 Å². The molecule has 10 heteroatoms. The van der Waals surface area contributed by atoms with E-state index in [-0.39, 0.29) is 22.9 Å². The van der Waals surface area contributed by atoms with E-state index in [1.54, 1.807) is 12.1 Å². The first-order chi connectivity index (χ1) is 15.9. The normalized spacial score (nSPS) is 11.7. The fourth-order valence-electron chi connectivity index (χ4n) is 3.26. The number of nitro groups is 1. The van der Waals surface area contributed by atoms with Crippen LogP contribution in [0.4, 0.5) is 17.2 Å². The Hall–Kier alpha value is -4.15. The molecule has 166 valence electrons. The molecule has 0 bridgehead atoms. The molecule has 0 fully saturated rings. The van der Waals surface area contributed by atoms with E-state index in [1.165, 1.54) is 42.6 Å². The molecule has 33 heavy (non-hydrogen) atoms. The average Bonchev–Trinajstić information content (AvgIpc) is 2.81. The fourth-order valence-corrected chi connectivity index (χ4v) is 3.85. The van der Waals surface area contributed by atoms with E-state index >= 15 is 0 Å². The highest BCUT2D eigenvalue weighted by atomic mass is 32.2. The summed E-state index contributed by atoms with van der Waals surface area (Å²) in [5.74, 6) is 0.197. The van der Waals surface area contributed by atoms with E-state index in [4.69, 9.17) is 0 Å². The first-order valence-electron chi connectivity index (χ1n) is 9.75. The number of aromatic hydroxyl groups is 1. The van der Waals surface area contributed by atoms with Crippen molar-refractivity contribution in [1.82, 2.24) is 9.97 Å². The molecule has 0 aliphatic carbocycles. The van der Waals surface area contributed by atoms with Crippen LogP contribution < -0.4 is 4.31 Å². The smallest absolute Gasteiger partial charge is 0.269 e. The second kappa shape index (κ2) is 9.55. The third-order valence-corrected chi connectivity index (χ3v) is 5.52. The standard InChI is InChI=1S/C23H18N4O5S/c28-20-12-6-17(7-13-20)22-15-24-23(21(25-22)14-16-4-2-1-3-5-16)26(33(31)32)18-8-10-19(11-9-18)27(29)30/h1-13,15,28H,14H2,(H,31,32)/p-1. The Morgan fingerprint density at radius 3 is 2.24 bits per heavy atom. The number of hydrogen-bond donors (Lipinski definition) is 1. The summed E-state index contributed by atoms with van der Waals surface area (Å²) in [7, 11) is 0. The van der Waals surface area contributed by atoms with Crippen LogP contribution >= 0.6 is 0 Å². The highest BCUT2D eigenvalue weighted by Gasteiger charge is 2.20. The topological polar surface area (TPSA) is 133 Å². The van der Waals surface area contributed by atoms with Crippen molar-refractivity contribution in [1.29, 1.82) is 0 Å². The molecule has 4 rings (SSSR count). The summed E-state index contributed by atoms with van der Waals surface area (Å²) >= 11 is -2.77. The minimum absolute atomic E-state index is 0.0866. The first kappa shape index (κ1) is 22.1. The minimum atomic E-state index is -2.77. The predicted molar refractivity (Wildman–Crippen MR) is 123 cm³/mol. The Morgan fingerprint density at radius 1 is 0.970 bits per heavy atom. The Balaban J connectivity index is 1.82. The lowest BCUT2D eigenvalue weighted by Gasteiger charge is -2.27. The molecule has 3 aromatic carbocycles. The molecule has 0 aliphatic rings. The molecule has 0 saturated carbocycles. The zero-order valence-corrected chi connectivity index (χ0v) is 17.9. The lowest BCUT2D eigenvalue weighted by atomic mass is 10.1. The summed E-state index contributed by atoms with van der Waals surface area (Å²) in [4.78, 5) is 19.5. The molecule has 1 N–H and O–H groups in total. The number of rotatable bonds is 7. The number of phenols is 1. The highest BCUT2D eigenvalue weighted by Crippen LogP contribution is 2.31. The van der Waals surface area contributed by atoms with Gasteiger partial charge in [-0.05, 0) is 42.0 Å². The van der Waals surface area contributed by atoms with E-state index in [0.717, 1.165) is 9.87 Å². The number of aromatic nitrogens is 2. The van der Waals surface area contributed by atoms with Gasteiger partial charge in [0.1, 0.15) is 5.75 Å². The van der Waals surface area contributed by atoms with E-state index < -0.39 is 16.2 Å². The maximum Gasteiger partial charge on any atom is 0.269 e. The average molecular weight is 461 g/mol. The van der Waals surface area contributed by atoms with Crippen molar-refractivity contribution in [2.24, 2.45) is 0 Å². The van der Waals surface area contributed by atoms with Crippen LogP contribution in [0.3, 0.4) is 0 Å². The molecule has 0 amide bonds. The molecule has 1 unspecified atom stereocenters. The summed E-state index contributed by atoms with van der Waals surface area (Å²) in [5, 5.41) is 20.5. The number of nitrogens with zero attached hydrogens (tertiary/aromatic N) is 4. The minimum Gasteiger partial charge on any atom is -0.755 e. The molecule has 0 aliphatic heterocycles. The van der Waals surface area contributed by atoms with Crippen molar-refractivity contribution in [2.75, 3.05) is 4.31 Å². The Labute approximate surface area is 191 Å². The SMILES string of the molecule is O=[N+]([O-])c1ccc(N(c2ncc(-c3ccc(O)cc3)nc2Cc2ccccc2)S(=O)[O-])cc1. The summed E-state index contributed by atoms with van der Waals surface area (Å²) < 4.78 is 25.4. The molecular weight excluding hydrogens is 444 g/mol. The zero-order chi connectivity index (χ0) is 23.4. The predicted octanol–water partition coefficient (Wildman–Crippen LogP) is 4.28. The zero-order valence-electron chi connectivity index (χ0n) is 17.1. The summed E-state index contributed by atoms with van der Waals surface area (Å²) in [6.07, 6.45) is 1.75. The third-order valence-electron chi connectivity index (χ3n) is 4.84. The van der Waals surface area contributed by atoms with Crippen molar-refractivity contribution in [3.63, 3.8) is 0 Å². The van der Waals surface area contributed by atoms with Crippen molar-refractivity contribution >= 4 is 28.5 Å². The van der Waals surface area contributed by atoms with Gasteiger partial charge in [-0.3, -0.25) is 18.6 Å². The molecular formula is C23H17N4O5S-. The molecule has 4 aromatic rings. The number of nitro benzene ring substituents is 1. The molecule has 1 heterocycles. The second-order valence-corrected chi connectivity index (χ2v) is 7.82. The van der Waals surface area contributed by atoms with Gasteiger partial charge >= 0.3 is 0 Å². The molecule has 0 radical (unpaired) electrons. The molecule has 1 atom stereocenters. The van der Waals surface area contributed by atoms with Crippen LogP contribution in [0.5, 0.6) is 5.75 Å². The van der Waals surface area contributed by atoms with Crippen molar-refractivity contribution in [3.8, 4) is 17.0 Å². The number of hydrogen-bond acceptors (Lipinski definition) is 7. The quantitative estimate of drug-likeness (QED) is 0.247. The van der Waals surface area contributed by atoms with Gasteiger partial charge in [0.25, 0.3) is 5.69 Å². The van der Waals surface area contributed by atoms with Gasteiger partial charge in [0.2, 0.25) is 0 Å². The lowest BCUT2D eigenvalue weighted by molar-refractivity contribution is -0.384. The van der Waals surface area contributed by atoms with E-state index in [9.17, 15) is 24.0 Å². The van der Waals surface area contributed by atoms with E-state index in [2.05, 4.69) is 9.97 Å². The van der Waals surface area contributed by atoms with Gasteiger partial charge in [0.15, 0.2) is 5.82 Å². The number of non-ortho nitro benzene ring substituents is 1. The van der Waals surface area contributed by atoms with Crippen LogP contribution in [0.2, 0.25) is 0 Å². The van der Waals surface area contributed by atoms with Gasteiger partial charge in [0.05, 0.1) is 39.5 Å².